The molecule has 0 fully saturated rings. The number of nitrogens with one attached hydrogen (secondary N) is 1. The molecule has 0 saturated carbocycles. The van der Waals surface area contributed by atoms with Gasteiger partial charge in [0.15, 0.2) is 0 Å². The Kier molecular flexibility index (Phi) is 1.87. The molecule has 3 nitrogen and oxygen atoms in total. The summed E-state index contributed by atoms with van der Waals surface area (Å²) >= 11 is 0. The fraction of sp³-hybridized carbons (Fsp3) is 0.100. The number of pyridine rings is 1. The molecule has 13 heavy (non-hydrogen) atoms. The van der Waals surface area contributed by atoms with Crippen LogP contribution in [0, 0.1) is 6.92 Å². The van der Waals surface area contributed by atoms with Gasteiger partial charge in [0.2, 0.25) is 0 Å². The summed E-state index contributed by atoms with van der Waals surface area (Å²) in [6.07, 6.45) is 1.75. The molecule has 0 aliphatic rings. The summed E-state index contributed by atoms with van der Waals surface area (Å²) in [6.45, 7) is 2.04. The first-order chi connectivity index (χ1) is 6.33. The van der Waals surface area contributed by atoms with E-state index in [2.05, 4.69) is 10.4 Å². The molecule has 0 saturated heterocycles. The number of aryl methyl sites for hydroxylation is 1. The van der Waals surface area contributed by atoms with Crippen LogP contribution in [0.3, 0.4) is 0 Å². The van der Waals surface area contributed by atoms with Crippen LogP contribution >= 0.6 is 0 Å². The van der Waals surface area contributed by atoms with Crippen molar-refractivity contribution < 1.29 is 0 Å². The number of aromatic nitrogens is 1. The third-order valence-electron chi connectivity index (χ3n) is 2.13. The van der Waals surface area contributed by atoms with Gasteiger partial charge in [-0.15, -0.1) is 0 Å². The first kappa shape index (κ1) is 8.01. The van der Waals surface area contributed by atoms with E-state index in [1.807, 2.05) is 31.2 Å². The number of hydrogen-bond donors (Lipinski definition) is 2. The van der Waals surface area contributed by atoms with Crippen molar-refractivity contribution in [1.82, 2.24) is 4.98 Å². The molecule has 66 valence electrons. The number of anilines is 1. The second-order valence-corrected chi connectivity index (χ2v) is 2.97. The Morgan fingerprint density at radius 3 is 2.92 bits per heavy atom. The van der Waals surface area contributed by atoms with Gasteiger partial charge in [0.25, 0.3) is 0 Å². The third-order valence-corrected chi connectivity index (χ3v) is 2.13. The average Bonchev–Trinajstić information content (AvgIpc) is 2.18. The fourth-order valence-corrected chi connectivity index (χ4v) is 1.45. The predicted molar refractivity (Wildman–Crippen MR) is 54.3 cm³/mol. The maximum Gasteiger partial charge on any atom is 0.0752 e. The van der Waals surface area contributed by atoms with Crippen molar-refractivity contribution in [3.8, 4) is 0 Å². The van der Waals surface area contributed by atoms with E-state index in [-0.39, 0.29) is 0 Å². The van der Waals surface area contributed by atoms with E-state index in [1.54, 1.807) is 6.20 Å². The monoisotopic (exact) mass is 173 g/mol. The van der Waals surface area contributed by atoms with Crippen LogP contribution in [0.4, 0.5) is 5.69 Å². The van der Waals surface area contributed by atoms with Crippen molar-refractivity contribution in [2.24, 2.45) is 5.84 Å². The molecule has 0 spiro atoms. The molecule has 0 aliphatic carbocycles. The van der Waals surface area contributed by atoms with Gasteiger partial charge in [-0.2, -0.15) is 0 Å². The topological polar surface area (TPSA) is 50.9 Å². The van der Waals surface area contributed by atoms with Gasteiger partial charge in [0, 0.05) is 11.6 Å². The van der Waals surface area contributed by atoms with Gasteiger partial charge in [-0.3, -0.25) is 10.8 Å². The lowest BCUT2D eigenvalue weighted by Gasteiger charge is -2.05. The number of rotatable bonds is 1. The highest BCUT2D eigenvalue weighted by Crippen LogP contribution is 2.22. The van der Waals surface area contributed by atoms with Crippen LogP contribution in [0.2, 0.25) is 0 Å². The van der Waals surface area contributed by atoms with Gasteiger partial charge in [-0.1, -0.05) is 18.2 Å². The van der Waals surface area contributed by atoms with Crippen molar-refractivity contribution in [3.05, 3.63) is 36.0 Å². The number of hydrazine groups is 1. The van der Waals surface area contributed by atoms with E-state index in [4.69, 9.17) is 5.84 Å². The molecule has 0 unspecified atom stereocenters. The third kappa shape index (κ3) is 1.23. The van der Waals surface area contributed by atoms with Gasteiger partial charge in [-0.25, -0.2) is 0 Å². The molecule has 3 heteroatoms. The molecule has 2 aromatic rings. The van der Waals surface area contributed by atoms with E-state index >= 15 is 0 Å². The summed E-state index contributed by atoms with van der Waals surface area (Å²) in [6, 6.07) is 7.90. The Bertz CT molecular complexity index is 437. The Morgan fingerprint density at radius 2 is 2.15 bits per heavy atom. The van der Waals surface area contributed by atoms with Crippen LogP contribution in [-0.4, -0.2) is 4.98 Å². The summed E-state index contributed by atoms with van der Waals surface area (Å²) in [5, 5.41) is 1.06. The lowest BCUT2D eigenvalue weighted by atomic mass is 10.1. The van der Waals surface area contributed by atoms with E-state index in [9.17, 15) is 0 Å². The summed E-state index contributed by atoms with van der Waals surface area (Å²) < 4.78 is 0. The number of nitrogens with zero attached hydrogens (tertiary/aromatic N) is 1. The zero-order valence-electron chi connectivity index (χ0n) is 7.41. The lowest BCUT2D eigenvalue weighted by Crippen LogP contribution is -2.07. The largest absolute Gasteiger partial charge is 0.323 e. The number of nitrogens with two attached hydrogens (primary N) is 1. The van der Waals surface area contributed by atoms with Gasteiger partial charge in [0.1, 0.15) is 0 Å². The molecule has 3 N–H and O–H groups in total. The zero-order chi connectivity index (χ0) is 9.26. The quantitative estimate of drug-likeness (QED) is 0.511. The number of hydrogen-bond acceptors (Lipinski definition) is 3. The maximum absolute atomic E-state index is 5.39. The maximum atomic E-state index is 5.39. The Hall–Kier alpha value is -1.61. The molecule has 0 amide bonds. The minimum atomic E-state index is 0.911. The van der Waals surface area contributed by atoms with E-state index in [1.165, 1.54) is 0 Å². The highest BCUT2D eigenvalue weighted by Gasteiger charge is 2.01. The summed E-state index contributed by atoms with van der Waals surface area (Å²) in [4.78, 5) is 4.29. The average molecular weight is 173 g/mol. The van der Waals surface area contributed by atoms with Crippen molar-refractivity contribution in [2.45, 2.75) is 6.92 Å². The van der Waals surface area contributed by atoms with Gasteiger partial charge in [-0.05, 0) is 18.6 Å². The summed E-state index contributed by atoms with van der Waals surface area (Å²) in [5.41, 5.74) is 5.73. The second-order valence-electron chi connectivity index (χ2n) is 2.97. The van der Waals surface area contributed by atoms with Crippen LogP contribution in [0.1, 0.15) is 5.56 Å². The van der Waals surface area contributed by atoms with Crippen LogP contribution in [0.25, 0.3) is 10.9 Å². The van der Waals surface area contributed by atoms with Crippen LogP contribution < -0.4 is 11.3 Å². The molecular formula is C10H11N3. The number of benzene rings is 1. The van der Waals surface area contributed by atoms with E-state index in [0.29, 0.717) is 0 Å². The molecule has 0 radical (unpaired) electrons. The van der Waals surface area contributed by atoms with E-state index in [0.717, 1.165) is 22.2 Å². The summed E-state index contributed by atoms with van der Waals surface area (Å²) in [7, 11) is 0. The van der Waals surface area contributed by atoms with Gasteiger partial charge in [0.05, 0.1) is 11.2 Å². The Morgan fingerprint density at radius 1 is 1.31 bits per heavy atom. The molecule has 1 aromatic carbocycles. The Labute approximate surface area is 76.6 Å². The number of nitrogen functional groups attached to an aromatic ring is 1. The second kappa shape index (κ2) is 3.03. The fourth-order valence-electron chi connectivity index (χ4n) is 1.45. The number of para-hydroxylation sites is 1. The van der Waals surface area contributed by atoms with Crippen molar-refractivity contribution >= 4 is 16.6 Å². The Balaban J connectivity index is 2.84. The molecular weight excluding hydrogens is 162 g/mol. The van der Waals surface area contributed by atoms with E-state index < -0.39 is 0 Å². The molecule has 1 aromatic heterocycles. The van der Waals surface area contributed by atoms with Gasteiger partial charge < -0.3 is 5.43 Å². The van der Waals surface area contributed by atoms with Crippen LogP contribution in [-0.2, 0) is 0 Å². The molecule has 0 aliphatic heterocycles. The first-order valence-corrected chi connectivity index (χ1v) is 4.14. The zero-order valence-corrected chi connectivity index (χ0v) is 7.41. The minimum Gasteiger partial charge on any atom is -0.323 e. The SMILES string of the molecule is Cc1cccc2c(NN)ccnc12. The van der Waals surface area contributed by atoms with Crippen LogP contribution in [0.5, 0.6) is 0 Å². The standard InChI is InChI=1S/C10H11N3/c1-7-3-2-4-8-9(13-11)5-6-12-10(7)8/h2-6H,11H2,1H3,(H,12,13). The minimum absolute atomic E-state index is 0.911. The number of fused-ring (bicyclic) bond motifs is 1. The highest BCUT2D eigenvalue weighted by molar-refractivity contribution is 5.92. The van der Waals surface area contributed by atoms with Crippen molar-refractivity contribution in [3.63, 3.8) is 0 Å². The molecule has 1 heterocycles. The normalized spacial score (nSPS) is 10.3. The summed E-state index contributed by atoms with van der Waals surface area (Å²) in [5.74, 6) is 5.39. The molecule has 0 atom stereocenters. The molecule has 2 rings (SSSR count). The smallest absolute Gasteiger partial charge is 0.0752 e. The highest BCUT2D eigenvalue weighted by atomic mass is 15.2. The van der Waals surface area contributed by atoms with Crippen LogP contribution in [0.15, 0.2) is 30.5 Å². The lowest BCUT2D eigenvalue weighted by molar-refractivity contribution is 1.32. The predicted octanol–water partition coefficient (Wildman–Crippen LogP) is 1.83. The molecule has 0 bridgehead atoms. The van der Waals surface area contributed by atoms with Gasteiger partial charge >= 0.3 is 0 Å². The first-order valence-electron chi connectivity index (χ1n) is 4.14. The van der Waals surface area contributed by atoms with Crippen molar-refractivity contribution in [1.29, 1.82) is 0 Å². The van der Waals surface area contributed by atoms with Crippen molar-refractivity contribution in [2.75, 3.05) is 5.43 Å².